The van der Waals surface area contributed by atoms with Gasteiger partial charge in [0.15, 0.2) is 0 Å². The molecule has 1 amide bonds. The number of carbonyl (C=O) groups is 1. The van der Waals surface area contributed by atoms with E-state index in [9.17, 15) is 9.18 Å². The Kier molecular flexibility index (Phi) is 3.43. The molecule has 0 aliphatic heterocycles. The first-order valence-corrected chi connectivity index (χ1v) is 5.78. The van der Waals surface area contributed by atoms with E-state index in [1.165, 1.54) is 12.1 Å². The Hall–Kier alpha value is -1.42. The van der Waals surface area contributed by atoms with Gasteiger partial charge >= 0.3 is 0 Å². The monoisotopic (exact) mass is 237 g/mol. The minimum atomic E-state index is -0.403. The summed E-state index contributed by atoms with van der Waals surface area (Å²) in [5.74, 6) is -0.300. The van der Waals surface area contributed by atoms with E-state index < -0.39 is 5.82 Å². The van der Waals surface area contributed by atoms with Crippen LogP contribution in [0.5, 0.6) is 0 Å². The first-order valence-electron chi connectivity index (χ1n) is 5.78. The highest BCUT2D eigenvalue weighted by Crippen LogP contribution is 2.26. The average molecular weight is 237 g/mol. The van der Waals surface area contributed by atoms with E-state index in [1.54, 1.807) is 13.0 Å². The van der Waals surface area contributed by atoms with Crippen LogP contribution in [0.15, 0.2) is 18.2 Å². The molecule has 0 saturated heterocycles. The molecule has 3 nitrogen and oxygen atoms in total. The summed E-state index contributed by atoms with van der Waals surface area (Å²) in [6.07, 6.45) is 1.26. The standard InChI is InChI=1S/C13H16FNO2/c1-8-2-3-10(14)6-12(8)13(17)15-7-9-4-11(16)5-9/h2-3,6,9,11,16H,4-5,7H2,1H3,(H,15,17). The quantitative estimate of drug-likeness (QED) is 0.839. The fourth-order valence-corrected chi connectivity index (χ4v) is 2.04. The third-order valence-corrected chi connectivity index (χ3v) is 3.21. The molecular weight excluding hydrogens is 221 g/mol. The molecule has 0 radical (unpaired) electrons. The number of aliphatic hydroxyl groups is 1. The maximum atomic E-state index is 13.0. The molecule has 2 N–H and O–H groups in total. The normalized spacial score (nSPS) is 23.0. The van der Waals surface area contributed by atoms with Crippen molar-refractivity contribution in [3.8, 4) is 0 Å². The van der Waals surface area contributed by atoms with Crippen LogP contribution in [0, 0.1) is 18.7 Å². The fraction of sp³-hybridized carbons (Fsp3) is 0.462. The van der Waals surface area contributed by atoms with Crippen molar-refractivity contribution in [3.63, 3.8) is 0 Å². The van der Waals surface area contributed by atoms with E-state index in [2.05, 4.69) is 5.32 Å². The predicted molar refractivity (Wildman–Crippen MR) is 62.2 cm³/mol. The molecule has 17 heavy (non-hydrogen) atoms. The molecule has 2 rings (SSSR count). The number of hydrogen-bond donors (Lipinski definition) is 2. The van der Waals surface area contributed by atoms with Crippen LogP contribution in [0.4, 0.5) is 4.39 Å². The van der Waals surface area contributed by atoms with Gasteiger partial charge in [0.05, 0.1) is 6.10 Å². The molecule has 0 aromatic heterocycles. The van der Waals surface area contributed by atoms with Crippen LogP contribution in [-0.4, -0.2) is 23.7 Å². The Morgan fingerprint density at radius 1 is 1.53 bits per heavy atom. The first kappa shape index (κ1) is 12.0. The SMILES string of the molecule is Cc1ccc(F)cc1C(=O)NCC1CC(O)C1. The van der Waals surface area contributed by atoms with Crippen LogP contribution in [0.1, 0.15) is 28.8 Å². The van der Waals surface area contributed by atoms with Gasteiger partial charge in [0.25, 0.3) is 5.91 Å². The third kappa shape index (κ3) is 2.82. The highest BCUT2D eigenvalue weighted by molar-refractivity contribution is 5.95. The number of aliphatic hydroxyl groups excluding tert-OH is 1. The van der Waals surface area contributed by atoms with E-state index >= 15 is 0 Å². The second-order valence-electron chi connectivity index (χ2n) is 4.66. The van der Waals surface area contributed by atoms with Gasteiger partial charge in [-0.25, -0.2) is 4.39 Å². The van der Waals surface area contributed by atoms with Crippen molar-refractivity contribution in [2.75, 3.05) is 6.54 Å². The lowest BCUT2D eigenvalue weighted by molar-refractivity contribution is 0.0420. The Labute approximate surface area is 99.7 Å². The molecule has 92 valence electrons. The number of hydrogen-bond acceptors (Lipinski definition) is 2. The van der Waals surface area contributed by atoms with Crippen LogP contribution in [0.3, 0.4) is 0 Å². The van der Waals surface area contributed by atoms with Gasteiger partial charge in [-0.3, -0.25) is 4.79 Å². The summed E-state index contributed by atoms with van der Waals surface area (Å²) in [6, 6.07) is 4.19. The molecule has 0 unspecified atom stereocenters. The summed E-state index contributed by atoms with van der Waals surface area (Å²) in [6.45, 7) is 2.33. The van der Waals surface area contributed by atoms with Crippen molar-refractivity contribution in [1.82, 2.24) is 5.32 Å². The van der Waals surface area contributed by atoms with Crippen molar-refractivity contribution in [3.05, 3.63) is 35.1 Å². The summed E-state index contributed by atoms with van der Waals surface area (Å²) >= 11 is 0. The number of benzene rings is 1. The van der Waals surface area contributed by atoms with Gasteiger partial charge in [-0.2, -0.15) is 0 Å². The van der Waals surface area contributed by atoms with Crippen molar-refractivity contribution in [2.45, 2.75) is 25.9 Å². The molecule has 4 heteroatoms. The Balaban J connectivity index is 1.92. The molecule has 1 fully saturated rings. The number of aryl methyl sites for hydroxylation is 1. The van der Waals surface area contributed by atoms with Gasteiger partial charge < -0.3 is 10.4 Å². The van der Waals surface area contributed by atoms with Crippen LogP contribution < -0.4 is 5.32 Å². The van der Waals surface area contributed by atoms with Crippen molar-refractivity contribution in [1.29, 1.82) is 0 Å². The zero-order valence-electron chi connectivity index (χ0n) is 9.74. The molecule has 0 spiro atoms. The molecule has 1 aromatic carbocycles. The third-order valence-electron chi connectivity index (χ3n) is 3.21. The zero-order valence-corrected chi connectivity index (χ0v) is 9.74. The molecule has 0 atom stereocenters. The lowest BCUT2D eigenvalue weighted by Gasteiger charge is -2.31. The second kappa shape index (κ2) is 4.84. The molecule has 1 aromatic rings. The van der Waals surface area contributed by atoms with Crippen LogP contribution in [0.2, 0.25) is 0 Å². The summed E-state index contributed by atoms with van der Waals surface area (Å²) in [7, 11) is 0. The first-order chi connectivity index (χ1) is 8.06. The smallest absolute Gasteiger partial charge is 0.251 e. The maximum Gasteiger partial charge on any atom is 0.251 e. The fourth-order valence-electron chi connectivity index (χ4n) is 2.04. The van der Waals surface area contributed by atoms with Gasteiger partial charge in [-0.1, -0.05) is 6.07 Å². The molecule has 1 aliphatic rings. The Bertz CT molecular complexity index is 427. The van der Waals surface area contributed by atoms with E-state index in [-0.39, 0.29) is 12.0 Å². The van der Waals surface area contributed by atoms with Gasteiger partial charge in [-0.15, -0.1) is 0 Å². The largest absolute Gasteiger partial charge is 0.393 e. The summed E-state index contributed by atoms with van der Waals surface area (Å²) < 4.78 is 13.0. The second-order valence-corrected chi connectivity index (χ2v) is 4.66. The summed E-state index contributed by atoms with van der Waals surface area (Å²) in [5, 5.41) is 11.9. The van der Waals surface area contributed by atoms with Gasteiger partial charge in [0.2, 0.25) is 0 Å². The number of rotatable bonds is 3. The highest BCUT2D eigenvalue weighted by atomic mass is 19.1. The maximum absolute atomic E-state index is 13.0. The lowest BCUT2D eigenvalue weighted by Crippen LogP contribution is -2.38. The summed E-state index contributed by atoms with van der Waals surface area (Å²) in [4.78, 5) is 11.8. The summed E-state index contributed by atoms with van der Waals surface area (Å²) in [5.41, 5.74) is 1.14. The molecule has 1 aliphatic carbocycles. The van der Waals surface area contributed by atoms with Gasteiger partial charge in [0, 0.05) is 12.1 Å². The van der Waals surface area contributed by atoms with Crippen molar-refractivity contribution in [2.24, 2.45) is 5.92 Å². The minimum Gasteiger partial charge on any atom is -0.393 e. The van der Waals surface area contributed by atoms with Crippen molar-refractivity contribution >= 4 is 5.91 Å². The van der Waals surface area contributed by atoms with Gasteiger partial charge in [-0.05, 0) is 43.4 Å². The van der Waals surface area contributed by atoms with E-state index in [4.69, 9.17) is 5.11 Å². The highest BCUT2D eigenvalue weighted by Gasteiger charge is 2.27. The van der Waals surface area contributed by atoms with Crippen LogP contribution in [0.25, 0.3) is 0 Å². The molecule has 1 saturated carbocycles. The Morgan fingerprint density at radius 3 is 2.88 bits per heavy atom. The van der Waals surface area contributed by atoms with E-state index in [0.717, 1.165) is 18.4 Å². The zero-order chi connectivity index (χ0) is 12.4. The van der Waals surface area contributed by atoms with Gasteiger partial charge in [0.1, 0.15) is 5.82 Å². The van der Waals surface area contributed by atoms with Crippen LogP contribution in [-0.2, 0) is 0 Å². The van der Waals surface area contributed by atoms with E-state index in [0.29, 0.717) is 18.0 Å². The Morgan fingerprint density at radius 2 is 2.24 bits per heavy atom. The van der Waals surface area contributed by atoms with Crippen molar-refractivity contribution < 1.29 is 14.3 Å². The average Bonchev–Trinajstić information content (AvgIpc) is 2.26. The minimum absolute atomic E-state index is 0.215. The number of carbonyl (C=O) groups excluding carboxylic acids is 1. The van der Waals surface area contributed by atoms with Crippen LogP contribution >= 0.6 is 0 Å². The molecular formula is C13H16FNO2. The molecule has 0 heterocycles. The lowest BCUT2D eigenvalue weighted by atomic mass is 9.82. The number of amides is 1. The number of nitrogens with one attached hydrogen (secondary N) is 1. The predicted octanol–water partition coefficient (Wildman–Crippen LogP) is 1.63. The molecule has 0 bridgehead atoms. The topological polar surface area (TPSA) is 49.3 Å². The van der Waals surface area contributed by atoms with E-state index in [1.807, 2.05) is 0 Å². The number of halogens is 1.